The molecule has 0 aliphatic carbocycles. The second-order valence-electron chi connectivity index (χ2n) is 7.48. The van der Waals surface area contributed by atoms with Gasteiger partial charge in [-0.3, -0.25) is 0 Å². The molecule has 4 aromatic rings. The minimum atomic E-state index is -0.955. The highest BCUT2D eigenvalue weighted by Crippen LogP contribution is 2.24. The van der Waals surface area contributed by atoms with E-state index >= 15 is 0 Å². The summed E-state index contributed by atoms with van der Waals surface area (Å²) in [5.41, 5.74) is 4.08. The Kier molecular flexibility index (Phi) is 6.41. The van der Waals surface area contributed by atoms with Crippen molar-refractivity contribution in [1.29, 1.82) is 0 Å². The Bertz CT molecular complexity index is 1180. The van der Waals surface area contributed by atoms with Crippen LogP contribution in [-0.2, 0) is 17.6 Å². The van der Waals surface area contributed by atoms with Crippen LogP contribution in [0.25, 0.3) is 11.3 Å². The van der Waals surface area contributed by atoms with E-state index in [0.717, 1.165) is 16.7 Å². The maximum Gasteiger partial charge on any atom is 0.326 e. The van der Waals surface area contributed by atoms with Crippen LogP contribution in [0.5, 0.6) is 5.75 Å². The van der Waals surface area contributed by atoms with Gasteiger partial charge in [-0.1, -0.05) is 60.7 Å². The van der Waals surface area contributed by atoms with E-state index in [9.17, 15) is 15.0 Å². The zero-order valence-corrected chi connectivity index (χ0v) is 17.3. The van der Waals surface area contributed by atoms with Crippen molar-refractivity contribution in [2.75, 3.05) is 5.32 Å². The van der Waals surface area contributed by atoms with Gasteiger partial charge < -0.3 is 15.5 Å². The lowest BCUT2D eigenvalue weighted by molar-refractivity contribution is -0.137. The molecule has 0 aliphatic heterocycles. The molecule has 1 unspecified atom stereocenters. The molecule has 0 spiro atoms. The number of nitrogens with zero attached hydrogens (tertiary/aromatic N) is 2. The molecule has 0 aliphatic rings. The van der Waals surface area contributed by atoms with Crippen molar-refractivity contribution in [3.63, 3.8) is 0 Å². The lowest BCUT2D eigenvalue weighted by Gasteiger charge is -2.18. The summed E-state index contributed by atoms with van der Waals surface area (Å²) in [4.78, 5) is 21.3. The monoisotopic (exact) mass is 425 g/mol. The lowest BCUT2D eigenvalue weighted by Crippen LogP contribution is -2.32. The second-order valence-corrected chi connectivity index (χ2v) is 7.48. The number of aliphatic carboxylic acids is 1. The summed E-state index contributed by atoms with van der Waals surface area (Å²) in [6.45, 7) is 0. The molecule has 1 atom stereocenters. The number of aromatic hydroxyl groups is 1. The predicted octanol–water partition coefficient (Wildman–Crippen LogP) is 4.55. The fourth-order valence-corrected chi connectivity index (χ4v) is 3.45. The van der Waals surface area contributed by atoms with Crippen LogP contribution in [0.1, 0.15) is 16.8 Å². The third kappa shape index (κ3) is 5.29. The first-order valence-corrected chi connectivity index (χ1v) is 10.3. The molecule has 3 N–H and O–H groups in total. The molecule has 0 amide bonds. The average Bonchev–Trinajstić information content (AvgIpc) is 2.81. The van der Waals surface area contributed by atoms with Crippen LogP contribution in [-0.4, -0.2) is 32.2 Å². The van der Waals surface area contributed by atoms with Crippen molar-refractivity contribution < 1.29 is 15.0 Å². The van der Waals surface area contributed by atoms with Crippen LogP contribution < -0.4 is 5.32 Å². The van der Waals surface area contributed by atoms with E-state index < -0.39 is 12.0 Å². The van der Waals surface area contributed by atoms with Gasteiger partial charge in [-0.15, -0.1) is 0 Å². The van der Waals surface area contributed by atoms with Gasteiger partial charge in [0.15, 0.2) is 0 Å². The number of carbonyl (C=O) groups is 1. The molecule has 3 aromatic carbocycles. The van der Waals surface area contributed by atoms with Crippen molar-refractivity contribution in [1.82, 2.24) is 9.97 Å². The first kappa shape index (κ1) is 21.1. The summed E-state index contributed by atoms with van der Waals surface area (Å²) >= 11 is 0. The standard InChI is InChI=1S/C26H23N3O3/c30-21-13-11-20(12-14-21)24-17-27-25(22(28-24)15-18-7-3-1-4-8-18)29-23(26(31)32)16-19-9-5-2-6-10-19/h1-14,17,23,30H,15-16H2,(H,27,29)(H,31,32). The third-order valence-corrected chi connectivity index (χ3v) is 5.11. The number of benzene rings is 3. The molecular formula is C26H23N3O3. The van der Waals surface area contributed by atoms with Gasteiger partial charge >= 0.3 is 5.97 Å². The van der Waals surface area contributed by atoms with Gasteiger partial charge in [-0.05, 0) is 35.4 Å². The number of aromatic nitrogens is 2. The first-order valence-electron chi connectivity index (χ1n) is 10.3. The summed E-state index contributed by atoms with van der Waals surface area (Å²) in [5.74, 6) is -0.335. The van der Waals surface area contributed by atoms with Crippen molar-refractivity contribution in [3.8, 4) is 17.0 Å². The topological polar surface area (TPSA) is 95.3 Å². The van der Waals surface area contributed by atoms with Crippen LogP contribution in [0, 0.1) is 0 Å². The summed E-state index contributed by atoms with van der Waals surface area (Å²) in [5, 5.41) is 22.5. The van der Waals surface area contributed by atoms with Gasteiger partial charge in [0.2, 0.25) is 0 Å². The molecule has 0 bridgehead atoms. The zero-order valence-electron chi connectivity index (χ0n) is 17.3. The SMILES string of the molecule is O=C(O)C(Cc1ccccc1)Nc1ncc(-c2ccc(O)cc2)nc1Cc1ccccc1. The van der Waals surface area contributed by atoms with E-state index in [2.05, 4.69) is 10.3 Å². The van der Waals surface area contributed by atoms with Gasteiger partial charge in [-0.2, -0.15) is 0 Å². The maximum atomic E-state index is 12.0. The van der Waals surface area contributed by atoms with Crippen LogP contribution in [0.2, 0.25) is 0 Å². The van der Waals surface area contributed by atoms with E-state index in [1.165, 1.54) is 0 Å². The number of carboxylic acid groups (broad SMARTS) is 1. The number of phenols is 1. The van der Waals surface area contributed by atoms with Gasteiger partial charge in [0.05, 0.1) is 17.6 Å². The summed E-state index contributed by atoms with van der Waals surface area (Å²) in [7, 11) is 0. The molecule has 160 valence electrons. The molecule has 32 heavy (non-hydrogen) atoms. The minimum Gasteiger partial charge on any atom is -0.508 e. The van der Waals surface area contributed by atoms with Gasteiger partial charge in [0, 0.05) is 18.4 Å². The number of hydrogen-bond donors (Lipinski definition) is 3. The van der Waals surface area contributed by atoms with Gasteiger partial charge in [0.1, 0.15) is 17.6 Å². The molecule has 1 aromatic heterocycles. The second kappa shape index (κ2) is 9.75. The highest BCUT2D eigenvalue weighted by molar-refractivity contribution is 5.77. The fourth-order valence-electron chi connectivity index (χ4n) is 3.45. The van der Waals surface area contributed by atoms with E-state index in [-0.39, 0.29) is 5.75 Å². The van der Waals surface area contributed by atoms with Gasteiger partial charge in [-0.25, -0.2) is 14.8 Å². The van der Waals surface area contributed by atoms with Crippen LogP contribution >= 0.6 is 0 Å². The Balaban J connectivity index is 1.67. The predicted molar refractivity (Wildman–Crippen MR) is 124 cm³/mol. The van der Waals surface area contributed by atoms with E-state index in [0.29, 0.717) is 30.0 Å². The molecular weight excluding hydrogens is 402 g/mol. The molecule has 0 radical (unpaired) electrons. The quantitative estimate of drug-likeness (QED) is 0.383. The Morgan fingerprint density at radius 3 is 2.12 bits per heavy atom. The van der Waals surface area contributed by atoms with Crippen molar-refractivity contribution in [2.45, 2.75) is 18.9 Å². The van der Waals surface area contributed by atoms with Gasteiger partial charge in [0.25, 0.3) is 0 Å². The first-order chi connectivity index (χ1) is 15.6. The largest absolute Gasteiger partial charge is 0.508 e. The van der Waals surface area contributed by atoms with Crippen LogP contribution in [0.15, 0.2) is 91.1 Å². The zero-order chi connectivity index (χ0) is 22.3. The highest BCUT2D eigenvalue weighted by atomic mass is 16.4. The summed E-state index contributed by atoms with van der Waals surface area (Å²) in [6.07, 6.45) is 2.44. The molecule has 4 rings (SSSR count). The Hall–Kier alpha value is -4.19. The number of rotatable bonds is 8. The van der Waals surface area contributed by atoms with E-state index in [1.807, 2.05) is 60.7 Å². The molecule has 0 saturated carbocycles. The number of phenolic OH excluding ortho intramolecular Hbond substituents is 1. The van der Waals surface area contributed by atoms with Crippen LogP contribution in [0.3, 0.4) is 0 Å². The van der Waals surface area contributed by atoms with Crippen molar-refractivity contribution >= 4 is 11.8 Å². The Labute approximate surface area is 186 Å². The average molecular weight is 425 g/mol. The molecule has 0 fully saturated rings. The number of nitrogens with one attached hydrogen (secondary N) is 1. The van der Waals surface area contributed by atoms with Crippen molar-refractivity contribution in [3.05, 3.63) is 108 Å². The molecule has 1 heterocycles. The Morgan fingerprint density at radius 1 is 0.875 bits per heavy atom. The molecule has 6 nitrogen and oxygen atoms in total. The summed E-state index contributed by atoms with van der Waals surface area (Å²) < 4.78 is 0. The number of anilines is 1. The van der Waals surface area contributed by atoms with E-state index in [1.54, 1.807) is 30.5 Å². The fraction of sp³-hybridized carbons (Fsp3) is 0.115. The minimum absolute atomic E-state index is 0.176. The lowest BCUT2D eigenvalue weighted by atomic mass is 10.1. The maximum absolute atomic E-state index is 12.0. The third-order valence-electron chi connectivity index (χ3n) is 5.11. The Morgan fingerprint density at radius 2 is 1.50 bits per heavy atom. The highest BCUT2D eigenvalue weighted by Gasteiger charge is 2.21. The van der Waals surface area contributed by atoms with Crippen molar-refractivity contribution in [2.24, 2.45) is 0 Å². The summed E-state index contributed by atoms with van der Waals surface area (Å²) in [6, 6.07) is 25.2. The molecule has 0 saturated heterocycles. The smallest absolute Gasteiger partial charge is 0.326 e. The van der Waals surface area contributed by atoms with Crippen LogP contribution in [0.4, 0.5) is 5.82 Å². The number of carboxylic acids is 1. The normalized spacial score (nSPS) is 11.6. The molecule has 6 heteroatoms. The van der Waals surface area contributed by atoms with E-state index in [4.69, 9.17) is 4.98 Å². The number of hydrogen-bond acceptors (Lipinski definition) is 5.